The van der Waals surface area contributed by atoms with Gasteiger partial charge < -0.3 is 9.64 Å². The van der Waals surface area contributed by atoms with Gasteiger partial charge in [0.2, 0.25) is 0 Å². The van der Waals surface area contributed by atoms with E-state index in [1.807, 2.05) is 19.2 Å². The second-order valence-electron chi connectivity index (χ2n) is 6.31. The summed E-state index contributed by atoms with van der Waals surface area (Å²) in [5, 5.41) is 0. The van der Waals surface area contributed by atoms with Crippen molar-refractivity contribution in [2.75, 3.05) is 33.8 Å². The van der Waals surface area contributed by atoms with E-state index >= 15 is 0 Å². The Morgan fingerprint density at radius 3 is 2.33 bits per heavy atom. The predicted molar refractivity (Wildman–Crippen MR) is 89.5 cm³/mol. The summed E-state index contributed by atoms with van der Waals surface area (Å²) in [6.07, 6.45) is 2.43. The largest absolute Gasteiger partial charge is 0.497 e. The molecule has 0 spiro atoms. The van der Waals surface area contributed by atoms with Gasteiger partial charge in [-0.2, -0.15) is 0 Å². The molecule has 0 radical (unpaired) electrons. The highest BCUT2D eigenvalue weighted by molar-refractivity contribution is 6.02. The predicted octanol–water partition coefficient (Wildman–Crippen LogP) is 3.48. The summed E-state index contributed by atoms with van der Waals surface area (Å²) in [5.41, 5.74) is 2.49. The third-order valence-electron chi connectivity index (χ3n) is 4.22. The van der Waals surface area contributed by atoms with Crippen LogP contribution in [0.15, 0.2) is 29.3 Å². The first kappa shape index (κ1) is 16.0. The molecule has 1 aliphatic rings. The molecule has 0 bridgehead atoms. The molecule has 2 rings (SSSR count). The average molecular weight is 288 g/mol. The summed E-state index contributed by atoms with van der Waals surface area (Å²) in [6.45, 7) is 8.19. The lowest BCUT2D eigenvalue weighted by molar-refractivity contribution is 0.189. The van der Waals surface area contributed by atoms with Crippen LogP contribution in [-0.2, 0) is 0 Å². The van der Waals surface area contributed by atoms with E-state index in [0.29, 0.717) is 5.92 Å². The highest BCUT2D eigenvalue weighted by atomic mass is 16.5. The number of methoxy groups -OCH3 is 1. The normalized spacial score (nSPS) is 18.2. The van der Waals surface area contributed by atoms with Crippen molar-refractivity contribution in [1.29, 1.82) is 0 Å². The fourth-order valence-corrected chi connectivity index (χ4v) is 3.21. The van der Waals surface area contributed by atoms with Crippen LogP contribution in [0.5, 0.6) is 5.75 Å². The van der Waals surface area contributed by atoms with Crippen molar-refractivity contribution in [3.63, 3.8) is 0 Å². The second-order valence-corrected chi connectivity index (χ2v) is 6.31. The van der Waals surface area contributed by atoms with Crippen molar-refractivity contribution < 1.29 is 4.74 Å². The van der Waals surface area contributed by atoms with Gasteiger partial charge >= 0.3 is 0 Å². The third-order valence-corrected chi connectivity index (χ3v) is 4.22. The van der Waals surface area contributed by atoms with Crippen LogP contribution < -0.4 is 4.74 Å². The minimum atomic E-state index is 0.590. The molecule has 3 heteroatoms. The number of nitrogens with zero attached hydrogens (tertiary/aromatic N) is 2. The lowest BCUT2D eigenvalue weighted by Gasteiger charge is -2.33. The molecule has 0 aliphatic carbocycles. The zero-order chi connectivity index (χ0) is 15.2. The third kappa shape index (κ3) is 4.31. The Kier molecular flexibility index (Phi) is 5.80. The standard InChI is InChI=1S/C18H28N2O/c1-14(2)13-20-11-9-16(10-12-20)18(19-3)15-5-7-17(21-4)8-6-15/h5-8,14,16H,9-13H2,1-4H3. The van der Waals surface area contributed by atoms with Crippen molar-refractivity contribution in [3.05, 3.63) is 29.8 Å². The number of ether oxygens (including phenoxy) is 1. The first-order valence-electron chi connectivity index (χ1n) is 7.97. The fourth-order valence-electron chi connectivity index (χ4n) is 3.21. The summed E-state index contributed by atoms with van der Waals surface area (Å²) in [6, 6.07) is 8.30. The molecule has 116 valence electrons. The highest BCUT2D eigenvalue weighted by Gasteiger charge is 2.24. The second kappa shape index (κ2) is 7.60. The van der Waals surface area contributed by atoms with Crippen LogP contribution in [0.3, 0.4) is 0 Å². The minimum absolute atomic E-state index is 0.590. The molecule has 1 aliphatic heterocycles. The molecule has 3 nitrogen and oxygen atoms in total. The van der Waals surface area contributed by atoms with E-state index in [9.17, 15) is 0 Å². The van der Waals surface area contributed by atoms with Crippen LogP contribution in [0.2, 0.25) is 0 Å². The van der Waals surface area contributed by atoms with Gasteiger partial charge in [-0.3, -0.25) is 4.99 Å². The van der Waals surface area contributed by atoms with Gasteiger partial charge in [0.25, 0.3) is 0 Å². The van der Waals surface area contributed by atoms with Gasteiger partial charge in [0.05, 0.1) is 7.11 Å². The molecule has 1 saturated heterocycles. The molecular formula is C18H28N2O. The molecule has 0 unspecified atom stereocenters. The van der Waals surface area contributed by atoms with E-state index in [2.05, 4.69) is 35.9 Å². The van der Waals surface area contributed by atoms with Crippen LogP contribution in [0.25, 0.3) is 0 Å². The van der Waals surface area contributed by atoms with E-state index in [0.717, 1.165) is 11.7 Å². The van der Waals surface area contributed by atoms with Crippen LogP contribution in [0.4, 0.5) is 0 Å². The van der Waals surface area contributed by atoms with E-state index in [-0.39, 0.29) is 0 Å². The van der Waals surface area contributed by atoms with E-state index < -0.39 is 0 Å². The Labute approximate surface area is 129 Å². The van der Waals surface area contributed by atoms with E-state index in [1.165, 1.54) is 43.8 Å². The molecule has 0 atom stereocenters. The first-order valence-corrected chi connectivity index (χ1v) is 7.97. The Balaban J connectivity index is 1.99. The van der Waals surface area contributed by atoms with E-state index in [4.69, 9.17) is 4.74 Å². The molecule has 21 heavy (non-hydrogen) atoms. The lowest BCUT2D eigenvalue weighted by atomic mass is 9.87. The Hall–Kier alpha value is -1.35. The number of hydrogen-bond acceptors (Lipinski definition) is 3. The Bertz CT molecular complexity index is 457. The fraction of sp³-hybridized carbons (Fsp3) is 0.611. The van der Waals surface area contributed by atoms with Crippen molar-refractivity contribution in [2.24, 2.45) is 16.8 Å². The highest BCUT2D eigenvalue weighted by Crippen LogP contribution is 2.24. The summed E-state index contributed by atoms with van der Waals surface area (Å²) in [5.74, 6) is 2.25. The van der Waals surface area contributed by atoms with E-state index in [1.54, 1.807) is 7.11 Å². The molecule has 1 fully saturated rings. The summed E-state index contributed by atoms with van der Waals surface area (Å²) in [4.78, 5) is 7.17. The quantitative estimate of drug-likeness (QED) is 0.775. The summed E-state index contributed by atoms with van der Waals surface area (Å²) >= 11 is 0. The van der Waals surface area contributed by atoms with Gasteiger partial charge in [-0.25, -0.2) is 0 Å². The van der Waals surface area contributed by atoms with Gasteiger partial charge in [0, 0.05) is 25.2 Å². The zero-order valence-corrected chi connectivity index (χ0v) is 13.8. The maximum Gasteiger partial charge on any atom is 0.118 e. The van der Waals surface area contributed by atoms with Gasteiger partial charge in [-0.15, -0.1) is 0 Å². The first-order chi connectivity index (χ1) is 10.1. The van der Waals surface area contributed by atoms with Crippen molar-refractivity contribution >= 4 is 5.71 Å². The smallest absolute Gasteiger partial charge is 0.118 e. The molecule has 1 heterocycles. The monoisotopic (exact) mass is 288 g/mol. The lowest BCUT2D eigenvalue weighted by Crippen LogP contribution is -2.38. The van der Waals surface area contributed by atoms with Crippen LogP contribution in [-0.4, -0.2) is 44.4 Å². The molecule has 1 aromatic rings. The van der Waals surface area contributed by atoms with Crippen LogP contribution in [0, 0.1) is 11.8 Å². The van der Waals surface area contributed by atoms with Gasteiger partial charge in [-0.05, 0) is 61.7 Å². The van der Waals surface area contributed by atoms with Crippen molar-refractivity contribution in [3.8, 4) is 5.75 Å². The number of rotatable bonds is 5. The number of aliphatic imine (C=N–C) groups is 1. The van der Waals surface area contributed by atoms with Crippen molar-refractivity contribution in [2.45, 2.75) is 26.7 Å². The molecule has 0 N–H and O–H groups in total. The SMILES string of the molecule is CN=C(c1ccc(OC)cc1)C1CCN(CC(C)C)CC1. The molecule has 0 aromatic heterocycles. The minimum Gasteiger partial charge on any atom is -0.497 e. The maximum absolute atomic E-state index is 5.23. The average Bonchev–Trinajstić information content (AvgIpc) is 2.50. The van der Waals surface area contributed by atoms with Gasteiger partial charge in [-0.1, -0.05) is 13.8 Å². The van der Waals surface area contributed by atoms with Crippen molar-refractivity contribution in [1.82, 2.24) is 4.90 Å². The molecule has 0 amide bonds. The Morgan fingerprint density at radius 2 is 1.86 bits per heavy atom. The van der Waals surface area contributed by atoms with Crippen LogP contribution >= 0.6 is 0 Å². The molecular weight excluding hydrogens is 260 g/mol. The number of likely N-dealkylation sites (tertiary alicyclic amines) is 1. The topological polar surface area (TPSA) is 24.8 Å². The molecule has 1 aromatic carbocycles. The van der Waals surface area contributed by atoms with Gasteiger partial charge in [0.15, 0.2) is 0 Å². The number of piperidine rings is 1. The summed E-state index contributed by atoms with van der Waals surface area (Å²) < 4.78 is 5.23. The number of benzene rings is 1. The van der Waals surface area contributed by atoms with Crippen LogP contribution in [0.1, 0.15) is 32.3 Å². The number of hydrogen-bond donors (Lipinski definition) is 0. The summed E-state index contributed by atoms with van der Waals surface area (Å²) in [7, 11) is 3.62. The van der Waals surface area contributed by atoms with Gasteiger partial charge in [0.1, 0.15) is 5.75 Å². The molecule has 0 saturated carbocycles. The maximum atomic E-state index is 5.23. The zero-order valence-electron chi connectivity index (χ0n) is 13.8. The Morgan fingerprint density at radius 1 is 1.24 bits per heavy atom.